The van der Waals surface area contributed by atoms with E-state index >= 15 is 0 Å². The minimum absolute atomic E-state index is 0.0906. The van der Waals surface area contributed by atoms with E-state index in [0.29, 0.717) is 0 Å². The monoisotopic (exact) mass is 453 g/mol. The molecule has 1 unspecified atom stereocenters. The molecule has 1 amide bonds. The number of ether oxygens (including phenoxy) is 1. The van der Waals surface area contributed by atoms with E-state index in [2.05, 4.69) is 11.6 Å². The number of fused-ring (bicyclic) bond motifs is 1. The number of aromatic nitrogens is 2. The van der Waals surface area contributed by atoms with Crippen LogP contribution in [-0.4, -0.2) is 50.9 Å². The fourth-order valence-corrected chi connectivity index (χ4v) is 4.44. The third kappa shape index (κ3) is 4.55. The lowest BCUT2D eigenvalue weighted by Crippen LogP contribution is -2.47. The Morgan fingerprint density at radius 3 is 2.52 bits per heavy atom. The lowest BCUT2D eigenvalue weighted by atomic mass is 9.79. The van der Waals surface area contributed by atoms with Crippen molar-refractivity contribution in [3.63, 3.8) is 0 Å². The van der Waals surface area contributed by atoms with Gasteiger partial charge in [0.2, 0.25) is 0 Å². The highest BCUT2D eigenvalue weighted by molar-refractivity contribution is 6.62. The van der Waals surface area contributed by atoms with Gasteiger partial charge in [0.1, 0.15) is 11.4 Å². The predicted octanol–water partition coefficient (Wildman–Crippen LogP) is 4.88. The van der Waals surface area contributed by atoms with Crippen LogP contribution in [0.2, 0.25) is 0 Å². The normalized spacial score (nSPS) is 24.8. The third-order valence-corrected chi connectivity index (χ3v) is 6.91. The summed E-state index contributed by atoms with van der Waals surface area (Å²) in [6.07, 6.45) is 4.15. The SMILES string of the molecule is C=C[C@H]1CCCC(c2nc3ccc(B4OC(C)(C)C(C)(C)O4)cc3[nH]2)N1C(=O)OC(C)(C)C. The molecule has 2 aliphatic heterocycles. The number of nitrogens with one attached hydrogen (secondary N) is 1. The lowest BCUT2D eigenvalue weighted by Gasteiger charge is -2.40. The third-order valence-electron chi connectivity index (χ3n) is 6.91. The molecule has 1 N–H and O–H groups in total. The van der Waals surface area contributed by atoms with Gasteiger partial charge < -0.3 is 19.0 Å². The molecule has 1 aromatic carbocycles. The van der Waals surface area contributed by atoms with Crippen molar-refractivity contribution in [3.05, 3.63) is 36.7 Å². The number of nitrogens with zero attached hydrogens (tertiary/aromatic N) is 2. The highest BCUT2D eigenvalue weighted by Crippen LogP contribution is 2.37. The summed E-state index contributed by atoms with van der Waals surface area (Å²) in [5.74, 6) is 0.758. The Morgan fingerprint density at radius 1 is 1.24 bits per heavy atom. The molecule has 33 heavy (non-hydrogen) atoms. The Hall–Kier alpha value is -2.32. The van der Waals surface area contributed by atoms with Crippen LogP contribution in [0.15, 0.2) is 30.9 Å². The van der Waals surface area contributed by atoms with E-state index < -0.39 is 23.9 Å². The molecular formula is C25H36BN3O4. The highest BCUT2D eigenvalue weighted by Gasteiger charge is 2.51. The fraction of sp³-hybridized carbons (Fsp3) is 0.600. The summed E-state index contributed by atoms with van der Waals surface area (Å²) in [6, 6.07) is 5.70. The van der Waals surface area contributed by atoms with Gasteiger partial charge in [0, 0.05) is 0 Å². The lowest BCUT2D eigenvalue weighted by molar-refractivity contribution is -0.000471. The summed E-state index contributed by atoms with van der Waals surface area (Å²) < 4.78 is 18.1. The molecule has 2 saturated heterocycles. The van der Waals surface area contributed by atoms with Crippen molar-refractivity contribution >= 4 is 29.7 Å². The first kappa shape index (κ1) is 23.8. The van der Waals surface area contributed by atoms with Crippen LogP contribution in [0.3, 0.4) is 0 Å². The molecule has 2 aromatic rings. The van der Waals surface area contributed by atoms with Crippen molar-refractivity contribution < 1.29 is 18.8 Å². The average molecular weight is 453 g/mol. The molecule has 0 radical (unpaired) electrons. The van der Waals surface area contributed by atoms with Crippen molar-refractivity contribution in [2.75, 3.05) is 0 Å². The number of carbonyl (C=O) groups is 1. The van der Waals surface area contributed by atoms with Crippen LogP contribution >= 0.6 is 0 Å². The van der Waals surface area contributed by atoms with Gasteiger partial charge in [0.05, 0.1) is 34.3 Å². The Labute approximate surface area is 197 Å². The first-order chi connectivity index (χ1) is 15.3. The number of benzene rings is 1. The van der Waals surface area contributed by atoms with Crippen molar-refractivity contribution in [2.24, 2.45) is 0 Å². The van der Waals surface area contributed by atoms with Gasteiger partial charge in [-0.2, -0.15) is 0 Å². The number of hydrogen-bond acceptors (Lipinski definition) is 5. The van der Waals surface area contributed by atoms with Crippen LogP contribution in [0.5, 0.6) is 0 Å². The first-order valence-electron chi connectivity index (χ1n) is 11.8. The molecule has 2 aliphatic rings. The van der Waals surface area contributed by atoms with E-state index in [9.17, 15) is 4.79 Å². The van der Waals surface area contributed by atoms with Crippen molar-refractivity contribution in [3.8, 4) is 0 Å². The maximum atomic E-state index is 13.1. The fourth-order valence-electron chi connectivity index (χ4n) is 4.44. The van der Waals surface area contributed by atoms with Gasteiger partial charge in [0.25, 0.3) is 0 Å². The van der Waals surface area contributed by atoms with Crippen molar-refractivity contribution in [1.82, 2.24) is 14.9 Å². The predicted molar refractivity (Wildman–Crippen MR) is 130 cm³/mol. The minimum Gasteiger partial charge on any atom is -0.444 e. The summed E-state index contributed by atoms with van der Waals surface area (Å²) >= 11 is 0. The number of H-pyrrole nitrogens is 1. The number of likely N-dealkylation sites (tertiary alicyclic amines) is 1. The maximum Gasteiger partial charge on any atom is 0.494 e. The smallest absolute Gasteiger partial charge is 0.444 e. The van der Waals surface area contributed by atoms with Gasteiger partial charge in [-0.1, -0.05) is 12.1 Å². The van der Waals surface area contributed by atoms with Gasteiger partial charge in [-0.3, -0.25) is 4.90 Å². The van der Waals surface area contributed by atoms with Crippen molar-refractivity contribution in [1.29, 1.82) is 0 Å². The number of imidazole rings is 1. The Morgan fingerprint density at radius 2 is 1.91 bits per heavy atom. The molecule has 2 atom stereocenters. The van der Waals surface area contributed by atoms with Crippen LogP contribution in [0.1, 0.15) is 79.6 Å². The largest absolute Gasteiger partial charge is 0.494 e. The molecule has 0 aliphatic carbocycles. The molecular weight excluding hydrogens is 417 g/mol. The molecule has 2 fully saturated rings. The van der Waals surface area contributed by atoms with Crippen LogP contribution in [0.4, 0.5) is 4.79 Å². The molecule has 0 bridgehead atoms. The van der Waals surface area contributed by atoms with Gasteiger partial charge in [-0.15, -0.1) is 6.58 Å². The van der Waals surface area contributed by atoms with Gasteiger partial charge in [-0.25, -0.2) is 9.78 Å². The Bertz CT molecular complexity index is 1040. The quantitative estimate of drug-likeness (QED) is 0.530. The van der Waals surface area contributed by atoms with Crippen LogP contribution in [0, 0.1) is 0 Å². The second-order valence-electron chi connectivity index (χ2n) is 11.1. The number of carbonyl (C=O) groups excluding carboxylic acids is 1. The minimum atomic E-state index is -0.573. The summed E-state index contributed by atoms with van der Waals surface area (Å²) in [4.78, 5) is 23.2. The van der Waals surface area contributed by atoms with Crippen LogP contribution < -0.4 is 5.46 Å². The second-order valence-corrected chi connectivity index (χ2v) is 11.1. The van der Waals surface area contributed by atoms with E-state index in [-0.39, 0.29) is 18.2 Å². The first-order valence-corrected chi connectivity index (χ1v) is 11.8. The molecule has 0 saturated carbocycles. The van der Waals surface area contributed by atoms with E-state index in [4.69, 9.17) is 19.0 Å². The topological polar surface area (TPSA) is 76.7 Å². The molecule has 4 rings (SSSR count). The summed E-state index contributed by atoms with van der Waals surface area (Å²) in [7, 11) is -0.441. The highest BCUT2D eigenvalue weighted by atomic mass is 16.7. The zero-order valence-electron chi connectivity index (χ0n) is 20.9. The number of aromatic amines is 1. The molecule has 0 spiro atoms. The summed E-state index contributed by atoms with van der Waals surface area (Å²) in [5.41, 5.74) is 1.30. The second kappa shape index (κ2) is 8.17. The number of rotatable bonds is 3. The van der Waals surface area contributed by atoms with E-state index in [1.807, 2.05) is 72.7 Å². The Kier molecular flexibility index (Phi) is 5.90. The van der Waals surface area contributed by atoms with Crippen LogP contribution in [0.25, 0.3) is 11.0 Å². The van der Waals surface area contributed by atoms with Crippen molar-refractivity contribution in [2.45, 2.75) is 96.6 Å². The number of hydrogen-bond donors (Lipinski definition) is 1. The van der Waals surface area contributed by atoms with Gasteiger partial charge in [-0.05, 0) is 85.3 Å². The van der Waals surface area contributed by atoms with E-state index in [1.165, 1.54) is 0 Å². The Balaban J connectivity index is 1.64. The zero-order valence-corrected chi connectivity index (χ0v) is 20.9. The maximum absolute atomic E-state index is 13.1. The molecule has 1 aromatic heterocycles. The molecule has 7 nitrogen and oxygen atoms in total. The zero-order chi connectivity index (χ0) is 24.2. The van der Waals surface area contributed by atoms with Gasteiger partial charge >= 0.3 is 13.2 Å². The molecule has 178 valence electrons. The number of piperidine rings is 1. The van der Waals surface area contributed by atoms with E-state index in [0.717, 1.165) is 41.6 Å². The van der Waals surface area contributed by atoms with Gasteiger partial charge in [0.15, 0.2) is 0 Å². The standard InChI is InChI=1S/C25H36BN3O4/c1-9-17-11-10-12-20(29(17)22(30)31-23(2,3)4)21-27-18-14-13-16(15-19(18)28-21)26-32-24(5,6)25(7,8)33-26/h9,13-15,17,20H,1,10-12H2,2-8H3,(H,27,28)/t17-,20?/m0/s1. The average Bonchev–Trinajstić information content (AvgIpc) is 3.22. The van der Waals surface area contributed by atoms with Crippen LogP contribution in [-0.2, 0) is 14.0 Å². The number of amides is 1. The molecule has 8 heteroatoms. The molecule has 3 heterocycles. The summed E-state index contributed by atoms with van der Waals surface area (Å²) in [6.45, 7) is 17.8. The van der Waals surface area contributed by atoms with E-state index in [1.54, 1.807) is 4.90 Å². The summed E-state index contributed by atoms with van der Waals surface area (Å²) in [5, 5.41) is 0.